The van der Waals surface area contributed by atoms with E-state index in [1.807, 2.05) is 0 Å². The molecule has 104 heavy (non-hydrogen) atoms. The minimum atomic E-state index is -1.90. The average molecular weight is 1500 g/mol. The van der Waals surface area contributed by atoms with E-state index in [4.69, 9.17) is 25.4 Å². The number of ether oxygens (including phenoxy) is 3. The van der Waals surface area contributed by atoms with Gasteiger partial charge in [-0.05, 0) is 72.4 Å². The van der Waals surface area contributed by atoms with Crippen LogP contribution >= 0.6 is 37.0 Å². The van der Waals surface area contributed by atoms with Crippen molar-refractivity contribution < 1.29 is 102 Å². The number of fused-ring (bicyclic) bond motifs is 6. The van der Waals surface area contributed by atoms with Crippen LogP contribution in [0.15, 0.2) is 84.9 Å². The van der Waals surface area contributed by atoms with E-state index in [-0.39, 0.29) is 88.0 Å². The van der Waals surface area contributed by atoms with E-state index < -0.39 is 186 Å². The van der Waals surface area contributed by atoms with Gasteiger partial charge in [-0.25, -0.2) is 4.79 Å². The van der Waals surface area contributed by atoms with Crippen molar-refractivity contribution >= 4 is 126 Å². The number of carbonyl (C=O) groups excluding carboxylic acids is 12. The topological polar surface area (TPSA) is 542 Å². The standard InChI is InChI=1S/C66H80N14O21S3/c67-65(68)71-14-4-7-44-57(91)73-29-52(84)74-46(26-54(86)87)60(94)79-49(31-103)63(97)77-45(21-34-5-2-1-3-6-34)59(93)80-50(32-104-33-53(85)75-47(27-55(88)89)61(95)78-48(30-102)62(96)76-44)58(92)72-28-51(83)69-15-17-99-19-20-100-18-16-70-56(90)35-8-11-43-40(25-35)64(98)101-66(43)41-12-9-38(81)23-36(41)22-37-24-39(82)10-13-42(37)66/h1-3,5-6,8-13,23-25,44-50,81-82,102-103H,4,7,14-22,26-33H2,(H,69,83)(H,70,90)(H,72,92)(H,73,91)(H,74,84)(H,75,85)(H,76,96)(H,77,97)(H,78,95)(H,79,94)(H,80,93)(H,86,87)(H,88,89)(H4,67,68,71)/t44-,45-,46-,47-,48-,49-,50-/m0/s1. The molecule has 0 radical (unpaired) electrons. The van der Waals surface area contributed by atoms with Crippen molar-refractivity contribution in [2.24, 2.45) is 5.73 Å². The number of esters is 1. The molecule has 35 nitrogen and oxygen atoms in total. The Kier molecular flexibility index (Phi) is 30.3. The SMILES string of the molecule is N=C(N)NCCC[C@@H]1NC(=O)[C@H](CS)NC(=O)[C@H](CC(=O)O)NC(=O)CSC[C@@H](C(=O)NCC(=O)NCCOCCOCCNC(=O)c2ccc3c(c2)C(=O)OC32c3ccc(O)cc3Cc3cc(O)ccc32)NC(=O)[C@H](Cc2ccccc2)NC(=O)[C@H](CS)NC(=O)[C@H](CC(=O)O)NC(=O)CNC1=O. The zero-order chi connectivity index (χ0) is 75.6. The smallest absolute Gasteiger partial charge is 0.340 e. The van der Waals surface area contributed by atoms with Crippen LogP contribution in [0.25, 0.3) is 0 Å². The van der Waals surface area contributed by atoms with Gasteiger partial charge in [0, 0.05) is 65.6 Å². The lowest BCUT2D eigenvalue weighted by Gasteiger charge is -2.37. The number of benzene rings is 4. The number of phenolic OH excluding ortho intramolecular Hbond substituents is 2. The summed E-state index contributed by atoms with van der Waals surface area (Å²) in [6, 6.07) is 10.6. The minimum absolute atomic E-state index is 0.0146. The predicted octanol–water partition coefficient (Wildman–Crippen LogP) is -3.97. The van der Waals surface area contributed by atoms with Crippen LogP contribution in [0.5, 0.6) is 11.5 Å². The summed E-state index contributed by atoms with van der Waals surface area (Å²) in [6.07, 6.45) is -2.11. The first-order valence-corrected chi connectivity index (χ1v) is 34.9. The molecule has 0 saturated carbocycles. The maximum Gasteiger partial charge on any atom is 0.340 e. The number of hydrogen-bond acceptors (Lipinski definition) is 23. The minimum Gasteiger partial charge on any atom is -0.508 e. The van der Waals surface area contributed by atoms with Crippen molar-refractivity contribution in [1.29, 1.82) is 5.41 Å². The number of guanidine groups is 1. The highest BCUT2D eigenvalue weighted by atomic mass is 32.2. The number of aliphatic carboxylic acids is 2. The summed E-state index contributed by atoms with van der Waals surface area (Å²) in [5.74, 6) is -17.1. The Morgan fingerprint density at radius 1 is 0.596 bits per heavy atom. The van der Waals surface area contributed by atoms with Gasteiger partial charge in [0.2, 0.25) is 59.1 Å². The van der Waals surface area contributed by atoms with Crippen molar-refractivity contribution in [2.45, 2.75) is 86.4 Å². The number of carboxylic acids is 2. The number of amides is 11. The summed E-state index contributed by atoms with van der Waals surface area (Å²) in [6.45, 7) is -1.43. The molecule has 1 spiro atoms. The Labute approximate surface area is 609 Å². The molecule has 7 rings (SSSR count). The maximum atomic E-state index is 14.4. The highest BCUT2D eigenvalue weighted by molar-refractivity contribution is 8.00. The maximum absolute atomic E-state index is 14.4. The quantitative estimate of drug-likeness (QED) is 0.00989. The summed E-state index contributed by atoms with van der Waals surface area (Å²) in [5, 5.41) is 76.4. The number of aromatic hydroxyl groups is 2. The fourth-order valence-electron chi connectivity index (χ4n) is 11.2. The second-order valence-electron chi connectivity index (χ2n) is 23.8. The van der Waals surface area contributed by atoms with Crippen LogP contribution in [-0.4, -0.2) is 234 Å². The number of thiol groups is 2. The molecule has 1 aliphatic carbocycles. The van der Waals surface area contributed by atoms with E-state index in [0.717, 1.165) is 0 Å². The van der Waals surface area contributed by atoms with Gasteiger partial charge in [-0.15, -0.1) is 11.8 Å². The molecule has 11 amide bonds. The molecule has 0 aromatic heterocycles. The lowest BCUT2D eigenvalue weighted by molar-refractivity contribution is -0.141. The van der Waals surface area contributed by atoms with E-state index in [1.165, 1.54) is 18.2 Å². The molecule has 3 aliphatic rings. The van der Waals surface area contributed by atoms with E-state index in [2.05, 4.69) is 89.1 Å². The van der Waals surface area contributed by atoms with Gasteiger partial charge >= 0.3 is 17.9 Å². The first-order valence-electron chi connectivity index (χ1n) is 32.4. The largest absolute Gasteiger partial charge is 0.508 e. The predicted molar refractivity (Wildman–Crippen MR) is 376 cm³/mol. The number of rotatable bonds is 25. The molecule has 38 heteroatoms. The molecule has 1 fully saturated rings. The van der Waals surface area contributed by atoms with E-state index in [9.17, 15) is 87.5 Å². The Hall–Kier alpha value is -10.7. The van der Waals surface area contributed by atoms with Crippen molar-refractivity contribution in [3.8, 4) is 11.5 Å². The summed E-state index contributed by atoms with van der Waals surface area (Å²) in [4.78, 5) is 188. The van der Waals surface area contributed by atoms with Gasteiger partial charge in [-0.1, -0.05) is 48.5 Å². The van der Waals surface area contributed by atoms with Gasteiger partial charge in [-0.2, -0.15) is 25.3 Å². The third-order valence-electron chi connectivity index (χ3n) is 16.1. The summed E-state index contributed by atoms with van der Waals surface area (Å²) < 4.78 is 17.3. The second-order valence-corrected chi connectivity index (χ2v) is 25.5. The highest BCUT2D eigenvalue weighted by Crippen LogP contribution is 2.53. The van der Waals surface area contributed by atoms with Crippen molar-refractivity contribution in [2.75, 3.05) is 82.2 Å². The third kappa shape index (κ3) is 23.2. The van der Waals surface area contributed by atoms with Gasteiger partial charge in [0.05, 0.1) is 63.7 Å². The van der Waals surface area contributed by atoms with Gasteiger partial charge < -0.3 is 104 Å². The number of thioether (sulfide) groups is 1. The number of nitrogens with two attached hydrogens (primary N) is 1. The Morgan fingerprint density at radius 2 is 1.13 bits per heavy atom. The summed E-state index contributed by atoms with van der Waals surface area (Å²) in [5.41, 5.74) is 7.92. The number of hydrogen-bond donors (Lipinski definition) is 20. The fraction of sp³-hybridized carbons (Fsp3) is 0.409. The molecule has 7 atom stereocenters. The molecular formula is C66H80N14O21S3. The van der Waals surface area contributed by atoms with Gasteiger partial charge in [0.1, 0.15) is 53.8 Å². The van der Waals surface area contributed by atoms with Crippen LogP contribution in [0, 0.1) is 5.41 Å². The molecule has 1 saturated heterocycles. The molecule has 4 aromatic carbocycles. The summed E-state index contributed by atoms with van der Waals surface area (Å²) >= 11 is 9.02. The molecule has 0 unspecified atom stereocenters. The third-order valence-corrected chi connectivity index (χ3v) is 17.9. The van der Waals surface area contributed by atoms with Crippen LogP contribution in [0.2, 0.25) is 0 Å². The van der Waals surface area contributed by atoms with Crippen molar-refractivity contribution in [3.63, 3.8) is 0 Å². The molecule has 2 aliphatic heterocycles. The number of carbonyl (C=O) groups is 14. The number of carboxylic acid groups (broad SMARTS) is 2. The zero-order valence-electron chi connectivity index (χ0n) is 55.7. The number of phenols is 2. The fourth-order valence-corrected chi connectivity index (χ4v) is 12.5. The van der Waals surface area contributed by atoms with E-state index >= 15 is 0 Å². The molecule has 558 valence electrons. The normalized spacial score (nSPS) is 20.4. The van der Waals surface area contributed by atoms with E-state index in [1.54, 1.807) is 66.7 Å². The summed E-state index contributed by atoms with van der Waals surface area (Å²) in [7, 11) is 0. The van der Waals surface area contributed by atoms with Crippen LogP contribution < -0.4 is 69.5 Å². The molecular weight excluding hydrogens is 1420 g/mol. The van der Waals surface area contributed by atoms with Crippen LogP contribution in [-0.2, 0) is 90.2 Å². The lowest BCUT2D eigenvalue weighted by atomic mass is 9.71. The Balaban J connectivity index is 0.962. The van der Waals surface area contributed by atoms with Crippen LogP contribution in [0.1, 0.15) is 79.8 Å². The first-order chi connectivity index (χ1) is 49.7. The average Bonchev–Trinajstić information content (AvgIpc) is 1.46. The van der Waals surface area contributed by atoms with Gasteiger partial charge in [0.15, 0.2) is 11.6 Å². The van der Waals surface area contributed by atoms with Gasteiger partial charge in [0.25, 0.3) is 5.91 Å². The highest BCUT2D eigenvalue weighted by Gasteiger charge is 2.52. The number of nitrogens with one attached hydrogen (secondary N) is 13. The molecule has 2 heterocycles. The van der Waals surface area contributed by atoms with Crippen molar-refractivity contribution in [1.82, 2.24) is 63.8 Å². The zero-order valence-corrected chi connectivity index (χ0v) is 58.3. The van der Waals surface area contributed by atoms with E-state index in [0.29, 0.717) is 51.6 Å². The molecule has 0 bridgehead atoms. The first kappa shape index (κ1) is 80.6. The second kappa shape index (κ2) is 39.1. The molecule has 4 aromatic rings. The Bertz CT molecular complexity index is 3840. The van der Waals surface area contributed by atoms with Crippen molar-refractivity contribution in [3.05, 3.63) is 129 Å². The van der Waals surface area contributed by atoms with Crippen LogP contribution in [0.4, 0.5) is 0 Å². The Morgan fingerprint density at radius 3 is 1.71 bits per heavy atom. The monoisotopic (exact) mass is 1500 g/mol. The lowest BCUT2D eigenvalue weighted by Crippen LogP contribution is -2.60. The molecule has 19 N–H and O–H groups in total. The van der Waals surface area contributed by atoms with Crippen LogP contribution in [0.3, 0.4) is 0 Å². The van der Waals surface area contributed by atoms with Gasteiger partial charge in [-0.3, -0.25) is 67.7 Å².